The summed E-state index contributed by atoms with van der Waals surface area (Å²) in [5.74, 6) is 0.576. The lowest BCUT2D eigenvalue weighted by Gasteiger charge is -2.39. The third kappa shape index (κ3) is 2.51. The number of nitrogens with two attached hydrogens (primary N) is 1. The summed E-state index contributed by atoms with van der Waals surface area (Å²) in [5, 5.41) is 11.8. The van der Waals surface area contributed by atoms with Crippen LogP contribution < -0.4 is 10.6 Å². The first-order chi connectivity index (χ1) is 8.53. The molecule has 0 radical (unpaired) electrons. The summed E-state index contributed by atoms with van der Waals surface area (Å²) in [6.07, 6.45) is 3.11. The van der Waals surface area contributed by atoms with Gasteiger partial charge in [-0.1, -0.05) is 5.16 Å². The molecule has 0 unspecified atom stereocenters. The maximum absolute atomic E-state index is 8.77. The molecule has 1 fully saturated rings. The first-order valence-electron chi connectivity index (χ1n) is 5.71. The highest BCUT2D eigenvalue weighted by Crippen LogP contribution is 2.23. The van der Waals surface area contributed by atoms with E-state index in [-0.39, 0.29) is 11.4 Å². The molecule has 0 saturated carbocycles. The Kier molecular flexibility index (Phi) is 3.33. The third-order valence-corrected chi connectivity index (χ3v) is 2.75. The molecule has 2 heterocycles. The highest BCUT2D eigenvalue weighted by molar-refractivity contribution is 5.99. The molecule has 2 rings (SSSR count). The monoisotopic (exact) mass is 251 g/mol. The first-order valence-corrected chi connectivity index (χ1v) is 5.71. The Morgan fingerprint density at radius 2 is 2.22 bits per heavy atom. The molecule has 7 nitrogen and oxygen atoms in total. The highest BCUT2D eigenvalue weighted by Gasteiger charge is 2.29. The number of ether oxygens (including phenoxy) is 1. The number of oxime groups is 1. The van der Waals surface area contributed by atoms with E-state index >= 15 is 0 Å². The van der Waals surface area contributed by atoms with Crippen LogP contribution in [0.5, 0.6) is 0 Å². The van der Waals surface area contributed by atoms with Crippen molar-refractivity contribution in [3.63, 3.8) is 0 Å². The summed E-state index contributed by atoms with van der Waals surface area (Å²) < 4.78 is 5.64. The summed E-state index contributed by atoms with van der Waals surface area (Å²) in [6.45, 7) is 6.02. The molecular formula is C11H17N5O2. The minimum absolute atomic E-state index is 0.0394. The molecule has 1 aliphatic heterocycles. The number of morpholine rings is 1. The van der Waals surface area contributed by atoms with Crippen molar-refractivity contribution in [1.82, 2.24) is 9.97 Å². The molecule has 3 N–H and O–H groups in total. The van der Waals surface area contributed by atoms with Crippen LogP contribution >= 0.6 is 0 Å². The highest BCUT2D eigenvalue weighted by atomic mass is 16.5. The van der Waals surface area contributed by atoms with Gasteiger partial charge in [-0.05, 0) is 13.8 Å². The van der Waals surface area contributed by atoms with E-state index in [2.05, 4.69) is 15.1 Å². The first kappa shape index (κ1) is 12.6. The van der Waals surface area contributed by atoms with Crippen molar-refractivity contribution < 1.29 is 9.94 Å². The number of nitrogens with zero attached hydrogens (tertiary/aromatic N) is 4. The van der Waals surface area contributed by atoms with Gasteiger partial charge in [0.15, 0.2) is 17.3 Å². The zero-order valence-corrected chi connectivity index (χ0v) is 10.5. The van der Waals surface area contributed by atoms with Gasteiger partial charge in [0.05, 0.1) is 12.2 Å². The molecule has 98 valence electrons. The van der Waals surface area contributed by atoms with Gasteiger partial charge in [-0.15, -0.1) is 0 Å². The van der Waals surface area contributed by atoms with E-state index in [1.165, 1.54) is 6.20 Å². The quantitative estimate of drug-likeness (QED) is 0.337. The smallest absolute Gasteiger partial charge is 0.192 e. The van der Waals surface area contributed by atoms with Crippen LogP contribution in [0, 0.1) is 0 Å². The van der Waals surface area contributed by atoms with Crippen LogP contribution in [0.2, 0.25) is 0 Å². The summed E-state index contributed by atoms with van der Waals surface area (Å²) in [4.78, 5) is 10.4. The Labute approximate surface area is 105 Å². The number of amidine groups is 1. The average Bonchev–Trinajstić information content (AvgIpc) is 2.36. The second-order valence-electron chi connectivity index (χ2n) is 4.74. The van der Waals surface area contributed by atoms with Crippen LogP contribution in [-0.2, 0) is 4.74 Å². The van der Waals surface area contributed by atoms with Crippen LogP contribution in [0.15, 0.2) is 17.5 Å². The SMILES string of the molecule is CC1(C)CN(c2nccnc2C(N)=NO)CCO1. The fourth-order valence-corrected chi connectivity index (χ4v) is 1.99. The maximum atomic E-state index is 8.77. The van der Waals surface area contributed by atoms with Gasteiger partial charge in [0.1, 0.15) is 0 Å². The van der Waals surface area contributed by atoms with Crippen molar-refractivity contribution in [2.45, 2.75) is 19.4 Å². The molecule has 0 aromatic carbocycles. The molecule has 1 aliphatic rings. The third-order valence-electron chi connectivity index (χ3n) is 2.75. The second kappa shape index (κ2) is 4.77. The molecule has 18 heavy (non-hydrogen) atoms. The summed E-state index contributed by atoms with van der Waals surface area (Å²) in [7, 11) is 0. The van der Waals surface area contributed by atoms with Gasteiger partial charge in [-0.3, -0.25) is 0 Å². The molecule has 0 aliphatic carbocycles. The van der Waals surface area contributed by atoms with E-state index in [1.54, 1.807) is 6.20 Å². The lowest BCUT2D eigenvalue weighted by molar-refractivity contribution is -0.0279. The molecule has 7 heteroatoms. The number of aromatic nitrogens is 2. The maximum Gasteiger partial charge on any atom is 0.192 e. The Morgan fingerprint density at radius 3 is 2.89 bits per heavy atom. The van der Waals surface area contributed by atoms with Crippen LogP contribution in [-0.4, -0.2) is 46.3 Å². The second-order valence-corrected chi connectivity index (χ2v) is 4.74. The van der Waals surface area contributed by atoms with Crippen LogP contribution in [0.25, 0.3) is 0 Å². The van der Waals surface area contributed by atoms with Crippen LogP contribution in [0.1, 0.15) is 19.5 Å². The van der Waals surface area contributed by atoms with Crippen molar-refractivity contribution in [2.24, 2.45) is 10.9 Å². The van der Waals surface area contributed by atoms with E-state index in [9.17, 15) is 0 Å². The van der Waals surface area contributed by atoms with Gasteiger partial charge in [-0.25, -0.2) is 9.97 Å². The van der Waals surface area contributed by atoms with E-state index in [0.717, 1.165) is 0 Å². The zero-order valence-electron chi connectivity index (χ0n) is 10.5. The van der Waals surface area contributed by atoms with E-state index in [4.69, 9.17) is 15.7 Å². The molecule has 0 amide bonds. The number of rotatable bonds is 2. The summed E-state index contributed by atoms with van der Waals surface area (Å²) in [5.41, 5.74) is 5.74. The van der Waals surface area contributed by atoms with E-state index in [0.29, 0.717) is 31.2 Å². The number of hydrogen-bond donors (Lipinski definition) is 2. The van der Waals surface area contributed by atoms with Crippen LogP contribution in [0.4, 0.5) is 5.82 Å². The fourth-order valence-electron chi connectivity index (χ4n) is 1.99. The summed E-state index contributed by atoms with van der Waals surface area (Å²) >= 11 is 0. The predicted octanol–water partition coefficient (Wildman–Crippen LogP) is 0.186. The number of hydrogen-bond acceptors (Lipinski definition) is 6. The molecule has 1 aromatic heterocycles. The fraction of sp³-hybridized carbons (Fsp3) is 0.545. The zero-order chi connectivity index (χ0) is 13.2. The lowest BCUT2D eigenvalue weighted by atomic mass is 10.1. The van der Waals surface area contributed by atoms with E-state index in [1.807, 2.05) is 18.7 Å². The molecule has 0 atom stereocenters. The van der Waals surface area contributed by atoms with Crippen molar-refractivity contribution in [2.75, 3.05) is 24.6 Å². The van der Waals surface area contributed by atoms with Gasteiger partial charge < -0.3 is 20.6 Å². The molecule has 1 saturated heterocycles. The minimum atomic E-state index is -0.252. The standard InChI is InChI=1S/C11H17N5O2/c1-11(2)7-16(5-6-18-11)10-8(9(12)15-17)13-3-4-14-10/h3-4,17H,5-7H2,1-2H3,(H2,12,15). The van der Waals surface area contributed by atoms with Gasteiger partial charge in [-0.2, -0.15) is 0 Å². The van der Waals surface area contributed by atoms with E-state index < -0.39 is 0 Å². The van der Waals surface area contributed by atoms with Gasteiger partial charge >= 0.3 is 0 Å². The predicted molar refractivity (Wildman–Crippen MR) is 66.8 cm³/mol. The largest absolute Gasteiger partial charge is 0.409 e. The van der Waals surface area contributed by atoms with Crippen molar-refractivity contribution in [3.05, 3.63) is 18.1 Å². The Hall–Kier alpha value is -1.89. The molecule has 1 aromatic rings. The number of anilines is 1. The molecular weight excluding hydrogens is 234 g/mol. The Bertz CT molecular complexity index is 461. The molecule has 0 bridgehead atoms. The lowest BCUT2D eigenvalue weighted by Crippen LogP contribution is -2.49. The van der Waals surface area contributed by atoms with Gasteiger partial charge in [0, 0.05) is 25.5 Å². The van der Waals surface area contributed by atoms with Gasteiger partial charge in [0.2, 0.25) is 0 Å². The topological polar surface area (TPSA) is 96.9 Å². The molecule has 0 spiro atoms. The summed E-state index contributed by atoms with van der Waals surface area (Å²) in [6, 6.07) is 0. The normalized spacial score (nSPS) is 19.9. The van der Waals surface area contributed by atoms with Crippen molar-refractivity contribution in [3.8, 4) is 0 Å². The Balaban J connectivity index is 2.33. The van der Waals surface area contributed by atoms with Gasteiger partial charge in [0.25, 0.3) is 0 Å². The minimum Gasteiger partial charge on any atom is -0.409 e. The van der Waals surface area contributed by atoms with Crippen molar-refractivity contribution in [1.29, 1.82) is 0 Å². The van der Waals surface area contributed by atoms with Crippen LogP contribution in [0.3, 0.4) is 0 Å². The average molecular weight is 251 g/mol. The Morgan fingerprint density at radius 1 is 1.50 bits per heavy atom. The van der Waals surface area contributed by atoms with Crippen molar-refractivity contribution >= 4 is 11.7 Å².